The van der Waals surface area contributed by atoms with Crippen molar-refractivity contribution in [3.63, 3.8) is 0 Å². The summed E-state index contributed by atoms with van der Waals surface area (Å²) in [6.07, 6.45) is 2.15. The first kappa shape index (κ1) is 11.0. The molecule has 1 aliphatic rings. The molecule has 0 atom stereocenters. The number of carboxylic acid groups (broad SMARTS) is 1. The molecule has 0 bridgehead atoms. The minimum absolute atomic E-state index is 0.0698. The Labute approximate surface area is 94.1 Å². The Hall–Kier alpha value is -1.55. The lowest BCUT2D eigenvalue weighted by molar-refractivity contribution is -0.138. The smallest absolute Gasteiger partial charge is 0.317 e. The highest BCUT2D eigenvalue weighted by Crippen LogP contribution is 2.28. The van der Waals surface area contributed by atoms with Gasteiger partial charge in [0.05, 0.1) is 6.54 Å². The largest absolute Gasteiger partial charge is 0.508 e. The molecule has 0 aromatic heterocycles. The van der Waals surface area contributed by atoms with Crippen LogP contribution in [0.1, 0.15) is 18.4 Å². The number of rotatable bonds is 5. The van der Waals surface area contributed by atoms with Crippen LogP contribution in [0.25, 0.3) is 0 Å². The van der Waals surface area contributed by atoms with Crippen LogP contribution in [-0.4, -0.2) is 33.7 Å². The predicted octanol–water partition coefficient (Wildman–Crippen LogP) is 1.44. The molecule has 1 aromatic carbocycles. The molecule has 86 valence electrons. The van der Waals surface area contributed by atoms with Crippen molar-refractivity contribution in [2.75, 3.05) is 6.54 Å². The molecule has 2 N–H and O–H groups in total. The van der Waals surface area contributed by atoms with Crippen molar-refractivity contribution in [3.05, 3.63) is 29.8 Å². The van der Waals surface area contributed by atoms with Gasteiger partial charge in [-0.2, -0.15) is 0 Å². The van der Waals surface area contributed by atoms with Crippen molar-refractivity contribution in [2.24, 2.45) is 0 Å². The molecule has 4 nitrogen and oxygen atoms in total. The van der Waals surface area contributed by atoms with Gasteiger partial charge < -0.3 is 10.2 Å². The lowest BCUT2D eigenvalue weighted by Crippen LogP contribution is -2.31. The van der Waals surface area contributed by atoms with Gasteiger partial charge in [0.1, 0.15) is 5.75 Å². The van der Waals surface area contributed by atoms with Crippen LogP contribution in [0.5, 0.6) is 5.75 Å². The van der Waals surface area contributed by atoms with E-state index >= 15 is 0 Å². The second-order valence-corrected chi connectivity index (χ2v) is 4.20. The van der Waals surface area contributed by atoms with Crippen molar-refractivity contribution in [2.45, 2.75) is 25.4 Å². The van der Waals surface area contributed by atoms with Crippen LogP contribution in [0.4, 0.5) is 0 Å². The van der Waals surface area contributed by atoms with Crippen molar-refractivity contribution >= 4 is 5.97 Å². The second-order valence-electron chi connectivity index (χ2n) is 4.20. The van der Waals surface area contributed by atoms with Gasteiger partial charge in [-0.25, -0.2) is 0 Å². The first-order valence-corrected chi connectivity index (χ1v) is 5.39. The standard InChI is InChI=1S/C12H15NO3/c14-11-3-1-2-9(6-11)7-13(8-12(15)16)10-4-5-10/h1-3,6,10,14H,4-5,7-8H2,(H,15,16). The molecule has 0 radical (unpaired) electrons. The van der Waals surface area contributed by atoms with Gasteiger partial charge in [-0.1, -0.05) is 12.1 Å². The van der Waals surface area contributed by atoms with Gasteiger partial charge in [-0.05, 0) is 30.5 Å². The fourth-order valence-electron chi connectivity index (χ4n) is 1.82. The zero-order valence-corrected chi connectivity index (χ0v) is 8.97. The van der Waals surface area contributed by atoms with E-state index in [4.69, 9.17) is 5.11 Å². The van der Waals surface area contributed by atoms with E-state index in [9.17, 15) is 9.90 Å². The van der Waals surface area contributed by atoms with Crippen molar-refractivity contribution in [3.8, 4) is 5.75 Å². The predicted molar refractivity (Wildman–Crippen MR) is 59.2 cm³/mol. The summed E-state index contributed by atoms with van der Waals surface area (Å²) in [6, 6.07) is 7.37. The maximum Gasteiger partial charge on any atom is 0.317 e. The summed E-state index contributed by atoms with van der Waals surface area (Å²) >= 11 is 0. The van der Waals surface area contributed by atoms with E-state index in [1.54, 1.807) is 18.2 Å². The fourth-order valence-corrected chi connectivity index (χ4v) is 1.82. The van der Waals surface area contributed by atoms with E-state index in [0.29, 0.717) is 12.6 Å². The Balaban J connectivity index is 2.02. The number of phenolic OH excluding ortho intramolecular Hbond substituents is 1. The number of benzene rings is 1. The normalized spacial score (nSPS) is 15.3. The zero-order chi connectivity index (χ0) is 11.5. The molecule has 0 amide bonds. The first-order valence-electron chi connectivity index (χ1n) is 5.39. The minimum Gasteiger partial charge on any atom is -0.508 e. The minimum atomic E-state index is -0.799. The topological polar surface area (TPSA) is 60.8 Å². The monoisotopic (exact) mass is 221 g/mol. The van der Waals surface area contributed by atoms with Crippen LogP contribution >= 0.6 is 0 Å². The molecule has 1 aliphatic carbocycles. The maximum atomic E-state index is 10.7. The molecule has 4 heteroatoms. The van der Waals surface area contributed by atoms with Gasteiger partial charge in [-0.3, -0.25) is 9.69 Å². The summed E-state index contributed by atoms with van der Waals surface area (Å²) in [4.78, 5) is 12.6. The lowest BCUT2D eigenvalue weighted by atomic mass is 10.2. The first-order chi connectivity index (χ1) is 7.65. The maximum absolute atomic E-state index is 10.7. The number of carbonyl (C=O) groups is 1. The number of hydrogen-bond acceptors (Lipinski definition) is 3. The van der Waals surface area contributed by atoms with E-state index in [1.165, 1.54) is 0 Å². The number of hydrogen-bond donors (Lipinski definition) is 2. The van der Waals surface area contributed by atoms with Gasteiger partial charge >= 0.3 is 5.97 Å². The van der Waals surface area contributed by atoms with Crippen LogP contribution in [0.2, 0.25) is 0 Å². The quantitative estimate of drug-likeness (QED) is 0.789. The van der Waals surface area contributed by atoms with Gasteiger partial charge in [0.2, 0.25) is 0 Å². The van der Waals surface area contributed by atoms with Gasteiger partial charge in [0, 0.05) is 12.6 Å². The number of aliphatic carboxylic acids is 1. The summed E-state index contributed by atoms with van der Waals surface area (Å²) < 4.78 is 0. The number of aromatic hydroxyl groups is 1. The molecule has 16 heavy (non-hydrogen) atoms. The van der Waals surface area contributed by atoms with E-state index in [-0.39, 0.29) is 12.3 Å². The van der Waals surface area contributed by atoms with Gasteiger partial charge in [-0.15, -0.1) is 0 Å². The molecule has 1 saturated carbocycles. The highest BCUT2D eigenvalue weighted by atomic mass is 16.4. The molecule has 0 spiro atoms. The van der Waals surface area contributed by atoms with Gasteiger partial charge in [0.15, 0.2) is 0 Å². The van der Waals surface area contributed by atoms with Crippen LogP contribution < -0.4 is 0 Å². The molecule has 0 heterocycles. The lowest BCUT2D eigenvalue weighted by Gasteiger charge is -2.19. The zero-order valence-electron chi connectivity index (χ0n) is 8.97. The Morgan fingerprint density at radius 3 is 2.75 bits per heavy atom. The molecule has 1 fully saturated rings. The van der Waals surface area contributed by atoms with E-state index in [1.807, 2.05) is 11.0 Å². The second kappa shape index (κ2) is 4.53. The van der Waals surface area contributed by atoms with E-state index in [0.717, 1.165) is 18.4 Å². The number of nitrogens with zero attached hydrogens (tertiary/aromatic N) is 1. The fraction of sp³-hybridized carbons (Fsp3) is 0.417. The highest BCUT2D eigenvalue weighted by Gasteiger charge is 2.30. The molecule has 0 saturated heterocycles. The molecule has 0 aliphatic heterocycles. The third-order valence-corrected chi connectivity index (χ3v) is 2.70. The van der Waals surface area contributed by atoms with Crippen LogP contribution in [0.3, 0.4) is 0 Å². The van der Waals surface area contributed by atoms with E-state index < -0.39 is 5.97 Å². The van der Waals surface area contributed by atoms with E-state index in [2.05, 4.69) is 0 Å². The number of carboxylic acids is 1. The summed E-state index contributed by atoms with van der Waals surface area (Å²) in [5.74, 6) is -0.573. The Kier molecular flexibility index (Phi) is 3.10. The van der Waals surface area contributed by atoms with Crippen LogP contribution in [-0.2, 0) is 11.3 Å². The Bertz CT molecular complexity index is 388. The SMILES string of the molecule is O=C(O)CN(Cc1cccc(O)c1)C1CC1. The third-order valence-electron chi connectivity index (χ3n) is 2.70. The van der Waals surface area contributed by atoms with Crippen LogP contribution in [0.15, 0.2) is 24.3 Å². The van der Waals surface area contributed by atoms with Crippen molar-refractivity contribution < 1.29 is 15.0 Å². The van der Waals surface area contributed by atoms with Crippen molar-refractivity contribution in [1.82, 2.24) is 4.90 Å². The molecule has 1 aromatic rings. The molecule has 2 rings (SSSR count). The summed E-state index contributed by atoms with van der Waals surface area (Å²) in [7, 11) is 0. The third kappa shape index (κ3) is 2.97. The molecular formula is C12H15NO3. The highest BCUT2D eigenvalue weighted by molar-refractivity contribution is 5.69. The molecular weight excluding hydrogens is 206 g/mol. The average Bonchev–Trinajstić information content (AvgIpc) is 2.99. The Morgan fingerprint density at radius 2 is 2.19 bits per heavy atom. The molecule has 0 unspecified atom stereocenters. The van der Waals surface area contributed by atoms with Crippen LogP contribution in [0, 0.1) is 0 Å². The van der Waals surface area contributed by atoms with Crippen molar-refractivity contribution in [1.29, 1.82) is 0 Å². The Morgan fingerprint density at radius 1 is 1.44 bits per heavy atom. The van der Waals surface area contributed by atoms with Gasteiger partial charge in [0.25, 0.3) is 0 Å². The average molecular weight is 221 g/mol. The summed E-state index contributed by atoms with van der Waals surface area (Å²) in [5.41, 5.74) is 0.952. The summed E-state index contributed by atoms with van der Waals surface area (Å²) in [6.45, 7) is 0.658. The summed E-state index contributed by atoms with van der Waals surface area (Å²) in [5, 5.41) is 18.1. The number of phenols is 1.